The second-order valence-corrected chi connectivity index (χ2v) is 9.68. The molecule has 1 saturated carbocycles. The van der Waals surface area contributed by atoms with Crippen LogP contribution in [0, 0.1) is 0 Å². The third-order valence-corrected chi connectivity index (χ3v) is 8.53. The molecule has 3 aromatic rings. The van der Waals surface area contributed by atoms with Crippen molar-refractivity contribution in [2.24, 2.45) is 0 Å². The highest BCUT2D eigenvalue weighted by atomic mass is 31.2. The van der Waals surface area contributed by atoms with E-state index in [-0.39, 0.29) is 12.0 Å². The first-order valence-corrected chi connectivity index (χ1v) is 10.9. The number of hydrogen-bond acceptors (Lipinski definition) is 2. The quantitative estimate of drug-likeness (QED) is 0.714. The van der Waals surface area contributed by atoms with Gasteiger partial charge in [0.25, 0.3) is 0 Å². The average molecular weight is 362 g/mol. The van der Waals surface area contributed by atoms with Crippen LogP contribution in [-0.4, -0.2) is 11.2 Å². The summed E-state index contributed by atoms with van der Waals surface area (Å²) < 4.78 is 14.6. The summed E-state index contributed by atoms with van der Waals surface area (Å²) in [6.45, 7) is 0. The predicted molar refractivity (Wildman–Crippen MR) is 108 cm³/mol. The largest absolute Gasteiger partial charge is 0.392 e. The molecule has 0 bridgehead atoms. The minimum absolute atomic E-state index is 0.0620. The molecule has 1 fully saturated rings. The van der Waals surface area contributed by atoms with E-state index in [1.54, 1.807) is 0 Å². The van der Waals surface area contributed by atoms with E-state index < -0.39 is 7.14 Å². The number of aliphatic hydroxyl groups excluding tert-OH is 1. The normalized spacial score (nSPS) is 20.2. The molecule has 0 heterocycles. The molecule has 2 atom stereocenters. The summed E-state index contributed by atoms with van der Waals surface area (Å²) in [5.74, 6) is 0.0620. The third kappa shape index (κ3) is 2.94. The van der Waals surface area contributed by atoms with Crippen LogP contribution in [-0.2, 0) is 4.57 Å². The molecule has 132 valence electrons. The number of aliphatic hydroxyl groups is 1. The fourth-order valence-electron chi connectivity index (χ4n) is 4.09. The van der Waals surface area contributed by atoms with Crippen molar-refractivity contribution in [1.29, 1.82) is 0 Å². The maximum Gasteiger partial charge on any atom is 0.171 e. The molecule has 1 aliphatic rings. The Morgan fingerprint density at radius 1 is 0.731 bits per heavy atom. The van der Waals surface area contributed by atoms with Gasteiger partial charge in [-0.05, 0) is 18.4 Å². The zero-order chi connectivity index (χ0) is 18.0. The molecule has 3 aromatic carbocycles. The molecule has 26 heavy (non-hydrogen) atoms. The zero-order valence-electron chi connectivity index (χ0n) is 14.7. The number of hydrogen-bond donors (Lipinski definition) is 1. The summed E-state index contributed by atoms with van der Waals surface area (Å²) >= 11 is 0. The fraction of sp³-hybridized carbons (Fsp3) is 0.217. The van der Waals surface area contributed by atoms with Crippen LogP contribution in [0.25, 0.3) is 0 Å². The van der Waals surface area contributed by atoms with Crippen molar-refractivity contribution < 1.29 is 9.67 Å². The molecule has 0 aromatic heterocycles. The van der Waals surface area contributed by atoms with E-state index in [4.69, 9.17) is 0 Å². The fourth-order valence-corrected chi connectivity index (χ4v) is 7.03. The maximum absolute atomic E-state index is 14.6. The maximum atomic E-state index is 14.6. The molecular formula is C23H23O2P. The molecule has 0 saturated heterocycles. The Hall–Kier alpha value is -2.15. The highest BCUT2D eigenvalue weighted by Crippen LogP contribution is 2.46. The van der Waals surface area contributed by atoms with E-state index in [2.05, 4.69) is 0 Å². The van der Waals surface area contributed by atoms with Crippen molar-refractivity contribution in [2.45, 2.75) is 31.3 Å². The van der Waals surface area contributed by atoms with Crippen LogP contribution in [0.5, 0.6) is 0 Å². The van der Waals surface area contributed by atoms with Crippen LogP contribution < -0.4 is 15.9 Å². The molecule has 0 spiro atoms. The smallest absolute Gasteiger partial charge is 0.171 e. The Morgan fingerprint density at radius 3 is 1.81 bits per heavy atom. The van der Waals surface area contributed by atoms with E-state index >= 15 is 0 Å². The molecule has 0 unspecified atom stereocenters. The van der Waals surface area contributed by atoms with Gasteiger partial charge in [0, 0.05) is 21.8 Å². The molecular weight excluding hydrogens is 339 g/mol. The van der Waals surface area contributed by atoms with Crippen LogP contribution in [0.3, 0.4) is 0 Å². The number of benzene rings is 3. The average Bonchev–Trinajstić information content (AvgIpc) is 3.14. The summed E-state index contributed by atoms with van der Waals surface area (Å²) in [5.41, 5.74) is 1.04. The first-order valence-electron chi connectivity index (χ1n) is 9.20. The van der Waals surface area contributed by atoms with Gasteiger partial charge in [0.15, 0.2) is 7.14 Å². The second-order valence-electron chi connectivity index (χ2n) is 6.94. The molecule has 1 aliphatic carbocycles. The summed E-state index contributed by atoms with van der Waals surface area (Å²) in [5, 5.41) is 13.0. The standard InChI is InChI=1S/C23H23O2P/c24-22-16-9-15-20(22)21-14-7-8-17-23(21)26(25,18-10-3-1-4-11-18)19-12-5-2-6-13-19/h1-8,10-14,17,20,22,24H,9,15-16H2/t20-,22+/m0/s1. The zero-order valence-corrected chi connectivity index (χ0v) is 15.6. The van der Waals surface area contributed by atoms with Crippen molar-refractivity contribution in [1.82, 2.24) is 0 Å². The van der Waals surface area contributed by atoms with Crippen LogP contribution in [0.1, 0.15) is 30.7 Å². The van der Waals surface area contributed by atoms with Gasteiger partial charge in [-0.25, -0.2) is 0 Å². The monoisotopic (exact) mass is 362 g/mol. The van der Waals surface area contributed by atoms with E-state index in [9.17, 15) is 9.67 Å². The lowest BCUT2D eigenvalue weighted by atomic mass is 9.96. The van der Waals surface area contributed by atoms with Gasteiger partial charge in [-0.2, -0.15) is 0 Å². The van der Waals surface area contributed by atoms with Crippen LogP contribution >= 0.6 is 7.14 Å². The molecule has 0 radical (unpaired) electrons. The molecule has 0 aliphatic heterocycles. The minimum atomic E-state index is -3.00. The summed E-state index contributed by atoms with van der Waals surface area (Å²) in [6, 6.07) is 27.5. The van der Waals surface area contributed by atoms with Crippen LogP contribution in [0.15, 0.2) is 84.9 Å². The lowest BCUT2D eigenvalue weighted by molar-refractivity contribution is 0.164. The SMILES string of the molecule is O=P(c1ccccc1)(c1ccccc1)c1ccccc1[C@@H]1CCC[C@H]1O. The predicted octanol–water partition coefficient (Wildman–Crippen LogP) is 3.95. The second kappa shape index (κ2) is 7.23. The van der Waals surface area contributed by atoms with Gasteiger partial charge >= 0.3 is 0 Å². The van der Waals surface area contributed by atoms with Gasteiger partial charge in [-0.1, -0.05) is 91.3 Å². The van der Waals surface area contributed by atoms with E-state index in [0.717, 1.165) is 40.7 Å². The van der Waals surface area contributed by atoms with Gasteiger partial charge in [-0.15, -0.1) is 0 Å². The number of rotatable bonds is 4. The van der Waals surface area contributed by atoms with Crippen LogP contribution in [0.2, 0.25) is 0 Å². The van der Waals surface area contributed by atoms with Gasteiger partial charge in [0.2, 0.25) is 0 Å². The van der Waals surface area contributed by atoms with E-state index in [0.29, 0.717) is 0 Å². The molecule has 4 rings (SSSR count). The Kier molecular flexibility index (Phi) is 4.80. The molecule has 1 N–H and O–H groups in total. The Labute approximate surface area is 154 Å². The Bertz CT molecular complexity index is 878. The third-order valence-electron chi connectivity index (χ3n) is 5.39. The Morgan fingerprint density at radius 2 is 1.27 bits per heavy atom. The van der Waals surface area contributed by atoms with Crippen molar-refractivity contribution in [3.05, 3.63) is 90.5 Å². The lowest BCUT2D eigenvalue weighted by Crippen LogP contribution is -2.29. The molecule has 0 amide bonds. The summed E-state index contributed by atoms with van der Waals surface area (Å²) in [6.07, 6.45) is 2.43. The summed E-state index contributed by atoms with van der Waals surface area (Å²) in [7, 11) is -3.00. The summed E-state index contributed by atoms with van der Waals surface area (Å²) in [4.78, 5) is 0. The van der Waals surface area contributed by atoms with Crippen LogP contribution in [0.4, 0.5) is 0 Å². The molecule has 2 nitrogen and oxygen atoms in total. The highest BCUT2D eigenvalue weighted by molar-refractivity contribution is 7.85. The van der Waals surface area contributed by atoms with Gasteiger partial charge in [0.1, 0.15) is 0 Å². The first-order chi connectivity index (χ1) is 12.7. The van der Waals surface area contributed by atoms with Crippen molar-refractivity contribution >= 4 is 23.1 Å². The minimum Gasteiger partial charge on any atom is -0.392 e. The Balaban J connectivity index is 1.96. The van der Waals surface area contributed by atoms with Crippen molar-refractivity contribution in [2.75, 3.05) is 0 Å². The van der Waals surface area contributed by atoms with Crippen molar-refractivity contribution in [3.8, 4) is 0 Å². The lowest BCUT2D eigenvalue weighted by Gasteiger charge is -2.26. The molecule has 3 heteroatoms. The van der Waals surface area contributed by atoms with E-state index in [1.165, 1.54) is 0 Å². The van der Waals surface area contributed by atoms with Crippen molar-refractivity contribution in [3.63, 3.8) is 0 Å². The topological polar surface area (TPSA) is 37.3 Å². The van der Waals surface area contributed by atoms with Gasteiger partial charge < -0.3 is 9.67 Å². The van der Waals surface area contributed by atoms with E-state index in [1.807, 2.05) is 84.9 Å². The first kappa shape index (κ1) is 17.3. The highest BCUT2D eigenvalue weighted by Gasteiger charge is 2.36. The van der Waals surface area contributed by atoms with Gasteiger partial charge in [0.05, 0.1) is 6.10 Å². The van der Waals surface area contributed by atoms with Gasteiger partial charge in [-0.3, -0.25) is 0 Å².